The highest BCUT2D eigenvalue weighted by Crippen LogP contribution is 2.31. The zero-order valence-corrected chi connectivity index (χ0v) is 15.0. The Balaban J connectivity index is 1.47. The molecule has 1 atom stereocenters. The zero-order valence-electron chi connectivity index (χ0n) is 14.2. The molecule has 1 aromatic heterocycles. The molecule has 0 aliphatic carbocycles. The van der Waals surface area contributed by atoms with E-state index in [1.165, 1.54) is 11.0 Å². The smallest absolute Gasteiger partial charge is 0.229 e. The number of carbonyl (C=O) groups is 2. The summed E-state index contributed by atoms with van der Waals surface area (Å²) in [6, 6.07) is 11.7. The fourth-order valence-corrected chi connectivity index (χ4v) is 3.36. The third-order valence-corrected chi connectivity index (χ3v) is 4.90. The normalized spacial score (nSPS) is 16.9. The fourth-order valence-electron chi connectivity index (χ4n) is 3.23. The van der Waals surface area contributed by atoms with Crippen LogP contribution in [0.2, 0.25) is 5.02 Å². The number of nitrogens with one attached hydrogen (secondary N) is 2. The van der Waals surface area contributed by atoms with E-state index in [2.05, 4.69) is 15.5 Å². The number of halogens is 2. The molecule has 0 spiro atoms. The molecule has 0 bridgehead atoms. The molecule has 0 radical (unpaired) electrons. The van der Waals surface area contributed by atoms with E-state index in [0.717, 1.165) is 5.56 Å². The van der Waals surface area contributed by atoms with E-state index >= 15 is 0 Å². The van der Waals surface area contributed by atoms with Crippen molar-refractivity contribution < 1.29 is 14.0 Å². The molecule has 27 heavy (non-hydrogen) atoms. The molecular weight excluding hydrogens is 371 g/mol. The number of hydrogen-bond donors (Lipinski definition) is 2. The van der Waals surface area contributed by atoms with Crippen molar-refractivity contribution in [1.29, 1.82) is 0 Å². The lowest BCUT2D eigenvalue weighted by molar-refractivity contribution is -0.126. The van der Waals surface area contributed by atoms with Crippen LogP contribution >= 0.6 is 11.6 Å². The lowest BCUT2D eigenvalue weighted by atomic mass is 10.1. The van der Waals surface area contributed by atoms with Crippen molar-refractivity contribution in [3.05, 3.63) is 58.9 Å². The Morgan fingerprint density at radius 1 is 1.30 bits per heavy atom. The summed E-state index contributed by atoms with van der Waals surface area (Å²) < 4.78 is 14.2. The number of aromatic nitrogens is 2. The Morgan fingerprint density at radius 2 is 2.07 bits per heavy atom. The van der Waals surface area contributed by atoms with Crippen LogP contribution in [0.1, 0.15) is 12.0 Å². The van der Waals surface area contributed by atoms with Crippen LogP contribution in [0.4, 0.5) is 10.2 Å². The summed E-state index contributed by atoms with van der Waals surface area (Å²) in [5, 5.41) is 10.5. The Bertz CT molecular complexity index is 1020. The van der Waals surface area contributed by atoms with Crippen LogP contribution in [0, 0.1) is 11.7 Å². The van der Waals surface area contributed by atoms with Gasteiger partial charge in [-0.15, -0.1) is 0 Å². The Labute approximate surface area is 159 Å². The largest absolute Gasteiger partial charge is 0.352 e. The van der Waals surface area contributed by atoms with E-state index in [0.29, 0.717) is 17.1 Å². The van der Waals surface area contributed by atoms with Gasteiger partial charge in [0.1, 0.15) is 5.82 Å². The number of nitrogens with zero attached hydrogens (tertiary/aromatic N) is 2. The third-order valence-electron chi connectivity index (χ3n) is 4.65. The van der Waals surface area contributed by atoms with Crippen molar-refractivity contribution in [3.63, 3.8) is 0 Å². The quantitative estimate of drug-likeness (QED) is 0.723. The molecule has 6 nitrogen and oxygen atoms in total. The summed E-state index contributed by atoms with van der Waals surface area (Å²) in [5.41, 5.74) is 1.42. The molecule has 1 fully saturated rings. The third kappa shape index (κ3) is 3.38. The molecule has 3 aromatic rings. The maximum Gasteiger partial charge on any atom is 0.229 e. The lowest BCUT2D eigenvalue weighted by Crippen LogP contribution is -2.32. The topological polar surface area (TPSA) is 78.1 Å². The lowest BCUT2D eigenvalue weighted by Gasteiger charge is -2.14. The minimum atomic E-state index is -0.511. The second-order valence-corrected chi connectivity index (χ2v) is 6.90. The second kappa shape index (κ2) is 7.00. The van der Waals surface area contributed by atoms with Crippen molar-refractivity contribution in [2.45, 2.75) is 13.0 Å². The summed E-state index contributed by atoms with van der Waals surface area (Å²) in [7, 11) is 0. The van der Waals surface area contributed by atoms with Gasteiger partial charge in [0, 0.05) is 24.5 Å². The van der Waals surface area contributed by atoms with Crippen LogP contribution < -0.4 is 10.2 Å². The van der Waals surface area contributed by atoms with Crippen molar-refractivity contribution >= 4 is 40.1 Å². The molecule has 2 amide bonds. The SMILES string of the molecule is O=C(NCc1ccc(Cl)cc1)[C@@H]1CC(=O)N(c2n[nH]c3cccc(F)c23)C1. The van der Waals surface area contributed by atoms with Crippen molar-refractivity contribution in [1.82, 2.24) is 15.5 Å². The number of H-pyrrole nitrogens is 1. The standard InChI is InChI=1S/C19H16ClFN4O2/c20-13-6-4-11(5-7-13)9-22-19(27)12-8-16(26)25(10-12)18-17-14(21)2-1-3-15(17)23-24-18/h1-7,12H,8-10H2,(H,22,27)(H,23,24)/t12-/m1/s1. The highest BCUT2D eigenvalue weighted by molar-refractivity contribution is 6.30. The highest BCUT2D eigenvalue weighted by Gasteiger charge is 2.37. The molecule has 0 unspecified atom stereocenters. The number of benzene rings is 2. The molecule has 2 heterocycles. The van der Waals surface area contributed by atoms with Crippen LogP contribution in [0.5, 0.6) is 0 Å². The number of amides is 2. The van der Waals surface area contributed by atoms with E-state index in [-0.39, 0.29) is 36.0 Å². The average molecular weight is 387 g/mol. The number of aromatic amines is 1. The van der Waals surface area contributed by atoms with Gasteiger partial charge in [-0.05, 0) is 29.8 Å². The molecule has 138 valence electrons. The number of fused-ring (bicyclic) bond motifs is 1. The van der Waals surface area contributed by atoms with Gasteiger partial charge in [-0.3, -0.25) is 19.6 Å². The van der Waals surface area contributed by atoms with Gasteiger partial charge in [0.25, 0.3) is 0 Å². The number of carbonyl (C=O) groups excluding carboxylic acids is 2. The summed E-state index contributed by atoms with van der Waals surface area (Å²) in [5.74, 6) is -1.22. The molecular formula is C19H16ClFN4O2. The van der Waals surface area contributed by atoms with Gasteiger partial charge in [-0.25, -0.2) is 4.39 Å². The van der Waals surface area contributed by atoms with Crippen molar-refractivity contribution in [2.75, 3.05) is 11.4 Å². The molecule has 8 heteroatoms. The first-order valence-corrected chi connectivity index (χ1v) is 8.86. The van der Waals surface area contributed by atoms with Gasteiger partial charge in [0.05, 0.1) is 16.8 Å². The first-order chi connectivity index (χ1) is 13.0. The van der Waals surface area contributed by atoms with Crippen LogP contribution in [-0.2, 0) is 16.1 Å². The molecule has 1 aliphatic heterocycles. The van der Waals surface area contributed by atoms with E-state index in [1.54, 1.807) is 24.3 Å². The number of hydrogen-bond acceptors (Lipinski definition) is 3. The predicted octanol–water partition coefficient (Wildman–Crippen LogP) is 3.02. The van der Waals surface area contributed by atoms with E-state index in [9.17, 15) is 14.0 Å². The molecule has 2 N–H and O–H groups in total. The Kier molecular flexibility index (Phi) is 4.53. The predicted molar refractivity (Wildman–Crippen MR) is 99.8 cm³/mol. The van der Waals surface area contributed by atoms with Gasteiger partial charge < -0.3 is 5.32 Å². The van der Waals surface area contributed by atoms with Crippen LogP contribution in [0.3, 0.4) is 0 Å². The summed E-state index contributed by atoms with van der Waals surface area (Å²) >= 11 is 5.85. The van der Waals surface area contributed by atoms with E-state index in [4.69, 9.17) is 11.6 Å². The minimum Gasteiger partial charge on any atom is -0.352 e. The van der Waals surface area contributed by atoms with Crippen molar-refractivity contribution in [3.8, 4) is 0 Å². The summed E-state index contributed by atoms with van der Waals surface area (Å²) in [4.78, 5) is 26.2. The van der Waals surface area contributed by atoms with Crippen LogP contribution in [0.25, 0.3) is 10.9 Å². The van der Waals surface area contributed by atoms with Gasteiger partial charge in [-0.2, -0.15) is 5.10 Å². The van der Waals surface area contributed by atoms with Crippen LogP contribution in [0.15, 0.2) is 42.5 Å². The monoisotopic (exact) mass is 386 g/mol. The molecule has 1 saturated heterocycles. The van der Waals surface area contributed by atoms with E-state index in [1.807, 2.05) is 12.1 Å². The Hall–Kier alpha value is -2.93. The minimum absolute atomic E-state index is 0.0647. The zero-order chi connectivity index (χ0) is 19.0. The number of rotatable bonds is 4. The van der Waals surface area contributed by atoms with Crippen molar-refractivity contribution in [2.24, 2.45) is 5.92 Å². The maximum atomic E-state index is 14.2. The van der Waals surface area contributed by atoms with E-state index < -0.39 is 11.7 Å². The molecule has 2 aromatic carbocycles. The highest BCUT2D eigenvalue weighted by atomic mass is 35.5. The summed E-state index contributed by atoms with van der Waals surface area (Å²) in [6.45, 7) is 0.514. The first-order valence-electron chi connectivity index (χ1n) is 8.48. The van der Waals surface area contributed by atoms with Gasteiger partial charge in [0.15, 0.2) is 5.82 Å². The average Bonchev–Trinajstić information content (AvgIpc) is 3.25. The first kappa shape index (κ1) is 17.5. The fraction of sp³-hybridized carbons (Fsp3) is 0.211. The van der Waals surface area contributed by atoms with Crippen LogP contribution in [-0.4, -0.2) is 28.6 Å². The number of anilines is 1. The Morgan fingerprint density at radius 3 is 2.85 bits per heavy atom. The van der Waals surface area contributed by atoms with Gasteiger partial charge >= 0.3 is 0 Å². The molecule has 0 saturated carbocycles. The van der Waals surface area contributed by atoms with Gasteiger partial charge in [0.2, 0.25) is 11.8 Å². The second-order valence-electron chi connectivity index (χ2n) is 6.46. The van der Waals surface area contributed by atoms with Gasteiger partial charge in [-0.1, -0.05) is 29.8 Å². The maximum absolute atomic E-state index is 14.2. The summed E-state index contributed by atoms with van der Waals surface area (Å²) in [6.07, 6.45) is 0.0647. The molecule has 1 aliphatic rings. The molecule has 4 rings (SSSR count).